The van der Waals surface area contributed by atoms with Crippen LogP contribution in [0.25, 0.3) is 0 Å². The van der Waals surface area contributed by atoms with Crippen molar-refractivity contribution in [2.24, 2.45) is 0 Å². The molecule has 0 aliphatic carbocycles. The molecule has 1 saturated heterocycles. The van der Waals surface area contributed by atoms with Crippen LogP contribution in [0.4, 0.5) is 0 Å². The van der Waals surface area contributed by atoms with Gasteiger partial charge in [-0.25, -0.2) is 0 Å². The van der Waals surface area contributed by atoms with Gasteiger partial charge in [0, 0.05) is 26.2 Å². The highest BCUT2D eigenvalue weighted by Crippen LogP contribution is 2.15. The zero-order valence-electron chi connectivity index (χ0n) is 27.1. The van der Waals surface area contributed by atoms with E-state index in [1.807, 2.05) is 0 Å². The second-order valence-electron chi connectivity index (χ2n) is 11.9. The molecule has 1 unspecified atom stereocenters. The Morgan fingerprint density at radius 2 is 1.00 bits per heavy atom. The molecule has 0 aromatic heterocycles. The number of hydrogen-bond acceptors (Lipinski definition) is 3. The Hall–Kier alpha value is -0.900. The Bertz CT molecular complexity index is 581. The number of unbranched alkanes of at least 4 members (excludes halogenated alkanes) is 16. The monoisotopic (exact) mass is 560 g/mol. The zero-order valence-corrected chi connectivity index (χ0v) is 27.1. The topological polar surface area (TPSA) is 21.5 Å². The molecule has 0 N–H and O–H groups in total. The van der Waals surface area contributed by atoms with E-state index in [1.54, 1.807) is 0 Å². The molecule has 0 spiro atoms. The van der Waals surface area contributed by atoms with Gasteiger partial charge in [0.15, 0.2) is 6.29 Å². The summed E-state index contributed by atoms with van der Waals surface area (Å²) in [5.41, 5.74) is 0. The number of ether oxygens (including phenoxy) is 2. The SMILES string of the molecule is CCC/C=C\CCCCCCCOC(CCCCCCCCC/C=C\C/C=C\CCCCC)OCCCN1CC1. The van der Waals surface area contributed by atoms with Crippen LogP contribution < -0.4 is 0 Å². The predicted octanol–water partition coefficient (Wildman–Crippen LogP) is 11.3. The number of hydrogen-bond donors (Lipinski definition) is 0. The molecule has 1 fully saturated rings. The summed E-state index contributed by atoms with van der Waals surface area (Å²) in [4.78, 5) is 2.48. The van der Waals surface area contributed by atoms with Crippen LogP contribution in [-0.4, -0.2) is 44.0 Å². The van der Waals surface area contributed by atoms with E-state index in [9.17, 15) is 0 Å². The van der Waals surface area contributed by atoms with Gasteiger partial charge >= 0.3 is 0 Å². The van der Waals surface area contributed by atoms with Gasteiger partial charge in [-0.2, -0.15) is 0 Å². The molecule has 0 amide bonds. The van der Waals surface area contributed by atoms with E-state index >= 15 is 0 Å². The maximum Gasteiger partial charge on any atom is 0.157 e. The highest BCUT2D eigenvalue weighted by Gasteiger charge is 2.16. The molecule has 0 aromatic rings. The predicted molar refractivity (Wildman–Crippen MR) is 177 cm³/mol. The van der Waals surface area contributed by atoms with Gasteiger partial charge in [-0.15, -0.1) is 0 Å². The van der Waals surface area contributed by atoms with E-state index in [4.69, 9.17) is 9.47 Å². The molecular weight excluding hydrogens is 490 g/mol. The fourth-order valence-electron chi connectivity index (χ4n) is 5.00. The Balaban J connectivity index is 1.98. The van der Waals surface area contributed by atoms with Crippen LogP contribution in [0.3, 0.4) is 0 Å². The maximum absolute atomic E-state index is 6.21. The Morgan fingerprint density at radius 3 is 1.60 bits per heavy atom. The highest BCUT2D eigenvalue weighted by molar-refractivity contribution is 4.92. The molecule has 0 aromatic carbocycles. The van der Waals surface area contributed by atoms with E-state index in [0.29, 0.717) is 0 Å². The molecule has 1 heterocycles. The fraction of sp³-hybridized carbons (Fsp3) is 0.838. The molecule has 1 rings (SSSR count). The lowest BCUT2D eigenvalue weighted by atomic mass is 10.1. The molecule has 0 saturated carbocycles. The van der Waals surface area contributed by atoms with Gasteiger partial charge in [-0.1, -0.05) is 121 Å². The van der Waals surface area contributed by atoms with Crippen LogP contribution in [0.5, 0.6) is 0 Å². The summed E-state index contributed by atoms with van der Waals surface area (Å²) in [6.45, 7) is 9.96. The summed E-state index contributed by atoms with van der Waals surface area (Å²) < 4.78 is 12.4. The second kappa shape index (κ2) is 31.0. The smallest absolute Gasteiger partial charge is 0.157 e. The zero-order chi connectivity index (χ0) is 28.6. The molecule has 3 nitrogen and oxygen atoms in total. The largest absolute Gasteiger partial charge is 0.353 e. The van der Waals surface area contributed by atoms with Crippen LogP contribution in [-0.2, 0) is 9.47 Å². The van der Waals surface area contributed by atoms with Gasteiger partial charge in [0.1, 0.15) is 0 Å². The molecular formula is C37H69NO2. The van der Waals surface area contributed by atoms with Gasteiger partial charge in [0.05, 0.1) is 6.61 Å². The summed E-state index contributed by atoms with van der Waals surface area (Å²) in [5, 5.41) is 0. The third-order valence-corrected chi connectivity index (χ3v) is 7.79. The van der Waals surface area contributed by atoms with Crippen LogP contribution >= 0.6 is 0 Å². The average molecular weight is 560 g/mol. The van der Waals surface area contributed by atoms with Crippen molar-refractivity contribution in [3.05, 3.63) is 36.5 Å². The molecule has 1 aliphatic heterocycles. The fourth-order valence-corrected chi connectivity index (χ4v) is 5.00. The second-order valence-corrected chi connectivity index (χ2v) is 11.9. The van der Waals surface area contributed by atoms with Crippen molar-refractivity contribution in [2.75, 3.05) is 32.8 Å². The van der Waals surface area contributed by atoms with Gasteiger partial charge in [0.25, 0.3) is 0 Å². The van der Waals surface area contributed by atoms with E-state index < -0.39 is 0 Å². The lowest BCUT2D eigenvalue weighted by Crippen LogP contribution is -2.20. The minimum absolute atomic E-state index is 0.0101. The van der Waals surface area contributed by atoms with Gasteiger partial charge in [-0.3, -0.25) is 0 Å². The lowest BCUT2D eigenvalue weighted by Gasteiger charge is -2.19. The summed E-state index contributed by atoms with van der Waals surface area (Å²) in [6.07, 6.45) is 43.5. The van der Waals surface area contributed by atoms with Crippen molar-refractivity contribution >= 4 is 0 Å². The van der Waals surface area contributed by atoms with Crippen LogP contribution in [0.15, 0.2) is 36.5 Å². The lowest BCUT2D eigenvalue weighted by molar-refractivity contribution is -0.148. The first-order valence-electron chi connectivity index (χ1n) is 17.8. The summed E-state index contributed by atoms with van der Waals surface area (Å²) >= 11 is 0. The average Bonchev–Trinajstić information content (AvgIpc) is 3.79. The van der Waals surface area contributed by atoms with Crippen molar-refractivity contribution in [1.29, 1.82) is 0 Å². The van der Waals surface area contributed by atoms with E-state index in [1.165, 1.54) is 148 Å². The third kappa shape index (κ3) is 28.6. The van der Waals surface area contributed by atoms with Crippen molar-refractivity contribution in [3.8, 4) is 0 Å². The summed E-state index contributed by atoms with van der Waals surface area (Å²) in [7, 11) is 0. The van der Waals surface area contributed by atoms with Crippen LogP contribution in [0, 0.1) is 0 Å². The first kappa shape index (κ1) is 37.1. The quantitative estimate of drug-likeness (QED) is 0.0354. The summed E-state index contributed by atoms with van der Waals surface area (Å²) in [6, 6.07) is 0. The van der Waals surface area contributed by atoms with Gasteiger partial charge in [-0.05, 0) is 77.0 Å². The first-order chi connectivity index (χ1) is 19.9. The number of allylic oxidation sites excluding steroid dienone is 6. The molecule has 40 heavy (non-hydrogen) atoms. The minimum Gasteiger partial charge on any atom is -0.353 e. The van der Waals surface area contributed by atoms with Crippen molar-refractivity contribution in [3.63, 3.8) is 0 Å². The molecule has 3 heteroatoms. The molecule has 234 valence electrons. The van der Waals surface area contributed by atoms with E-state index in [2.05, 4.69) is 55.2 Å². The molecule has 0 radical (unpaired) electrons. The Morgan fingerprint density at radius 1 is 0.500 bits per heavy atom. The third-order valence-electron chi connectivity index (χ3n) is 7.79. The normalized spacial score (nSPS) is 14.8. The molecule has 1 aliphatic rings. The van der Waals surface area contributed by atoms with Crippen LogP contribution in [0.2, 0.25) is 0 Å². The van der Waals surface area contributed by atoms with Crippen molar-refractivity contribution in [2.45, 2.75) is 168 Å². The molecule has 1 atom stereocenters. The van der Waals surface area contributed by atoms with Crippen molar-refractivity contribution in [1.82, 2.24) is 4.90 Å². The minimum atomic E-state index is 0.0101. The van der Waals surface area contributed by atoms with Crippen molar-refractivity contribution < 1.29 is 9.47 Å². The van der Waals surface area contributed by atoms with Crippen LogP contribution in [0.1, 0.15) is 162 Å². The Kier molecular flexibility index (Phi) is 28.8. The number of rotatable bonds is 32. The highest BCUT2D eigenvalue weighted by atomic mass is 16.7. The van der Waals surface area contributed by atoms with E-state index in [-0.39, 0.29) is 6.29 Å². The maximum atomic E-state index is 6.21. The van der Waals surface area contributed by atoms with Gasteiger partial charge in [0.2, 0.25) is 0 Å². The molecule has 0 bridgehead atoms. The standard InChI is InChI=1S/C37H69NO2/c1-3-5-7-9-11-13-15-16-17-18-19-20-21-22-24-26-28-31-37(40-36-30-32-38-33-34-38)39-35-29-27-25-23-14-12-10-8-6-4-2/h8,10-11,13,16-17,37H,3-7,9,12,14-15,18-36H2,1-2H3/b10-8-,13-11-,17-16-. The first-order valence-corrected chi connectivity index (χ1v) is 17.8. The van der Waals surface area contributed by atoms with E-state index in [0.717, 1.165) is 32.5 Å². The summed E-state index contributed by atoms with van der Waals surface area (Å²) in [5.74, 6) is 0. The number of nitrogens with zero attached hydrogens (tertiary/aromatic N) is 1. The Labute approximate surface area is 251 Å². The van der Waals surface area contributed by atoms with Gasteiger partial charge < -0.3 is 14.4 Å².